The summed E-state index contributed by atoms with van der Waals surface area (Å²) in [6.45, 7) is 4.74. The quantitative estimate of drug-likeness (QED) is 0.124. The first-order valence-corrected chi connectivity index (χ1v) is 20.7. The van der Waals surface area contributed by atoms with Crippen LogP contribution in [0.15, 0.2) is 206 Å². The lowest BCUT2D eigenvalue weighted by Gasteiger charge is -2.22. The zero-order valence-electron chi connectivity index (χ0n) is 33.1. The van der Waals surface area contributed by atoms with Crippen LogP contribution in [0.5, 0.6) is 0 Å². The van der Waals surface area contributed by atoms with E-state index in [0.717, 1.165) is 0 Å². The van der Waals surface area contributed by atoms with Gasteiger partial charge in [0, 0.05) is 5.41 Å². The number of hydrogen-bond acceptors (Lipinski definition) is 0. The van der Waals surface area contributed by atoms with Gasteiger partial charge in [0.05, 0.1) is 0 Å². The second-order valence-corrected chi connectivity index (χ2v) is 16.8. The molecule has 276 valence electrons. The van der Waals surface area contributed by atoms with Crippen LogP contribution in [0.3, 0.4) is 0 Å². The van der Waals surface area contributed by atoms with Crippen LogP contribution in [-0.4, -0.2) is 0 Å². The molecule has 0 spiro atoms. The molecule has 0 atom stereocenters. The van der Waals surface area contributed by atoms with E-state index in [9.17, 15) is 0 Å². The molecule has 0 heteroatoms. The summed E-state index contributed by atoms with van der Waals surface area (Å²) in [4.78, 5) is 0. The SMILES string of the molecule is CC1(C)c2ccccc2-c2ccc(-c3ccc4c(-c5cccc(-c6ccc7ccccc7c6)c5)c5ccccc5c(-c5cc6ccccc6c6ccccc56)c4c3)cc21. The van der Waals surface area contributed by atoms with Gasteiger partial charge < -0.3 is 0 Å². The maximum atomic E-state index is 2.48. The summed E-state index contributed by atoms with van der Waals surface area (Å²) in [5.41, 5.74) is 15.4. The lowest BCUT2D eigenvalue weighted by atomic mass is 9.81. The Kier molecular flexibility index (Phi) is 7.38. The van der Waals surface area contributed by atoms with Crippen molar-refractivity contribution in [3.8, 4) is 55.6 Å². The Bertz CT molecular complexity index is 3530. The van der Waals surface area contributed by atoms with E-state index in [4.69, 9.17) is 0 Å². The second-order valence-electron chi connectivity index (χ2n) is 16.8. The molecule has 12 rings (SSSR count). The molecule has 0 amide bonds. The van der Waals surface area contributed by atoms with Crippen molar-refractivity contribution in [3.05, 3.63) is 217 Å². The standard InChI is InChI=1S/C59H40/c1-59(2)55-25-12-11-22-48(55)49-30-28-42(36-56(49)59)41-29-31-52-54(34-41)58(53-35-43-16-5-6-19-45(43)46-20-7-8-21-47(46)53)51-24-10-9-23-50(51)57(52)44-18-13-17-39(33-44)40-27-26-37-14-3-4-15-38(37)32-40/h3-36H,1-2H3. The molecule has 0 bridgehead atoms. The van der Waals surface area contributed by atoms with Gasteiger partial charge in [0.2, 0.25) is 0 Å². The van der Waals surface area contributed by atoms with Crippen molar-refractivity contribution in [1.29, 1.82) is 0 Å². The van der Waals surface area contributed by atoms with Gasteiger partial charge in [-0.05, 0) is 151 Å². The molecule has 1 aliphatic carbocycles. The molecular formula is C59H40. The average Bonchev–Trinajstić information content (AvgIpc) is 3.52. The molecule has 0 unspecified atom stereocenters. The van der Waals surface area contributed by atoms with Crippen molar-refractivity contribution in [3.63, 3.8) is 0 Å². The lowest BCUT2D eigenvalue weighted by molar-refractivity contribution is 0.660. The van der Waals surface area contributed by atoms with E-state index in [-0.39, 0.29) is 5.41 Å². The van der Waals surface area contributed by atoms with Crippen LogP contribution < -0.4 is 0 Å². The maximum Gasteiger partial charge on any atom is 0.0159 e. The Morgan fingerprint density at radius 3 is 1.66 bits per heavy atom. The summed E-state index contributed by atoms with van der Waals surface area (Å²) in [6, 6.07) is 77.2. The number of rotatable bonds is 4. The van der Waals surface area contributed by atoms with Crippen molar-refractivity contribution in [2.24, 2.45) is 0 Å². The fraction of sp³-hybridized carbons (Fsp3) is 0.0508. The molecule has 0 N–H and O–H groups in total. The highest BCUT2D eigenvalue weighted by molar-refractivity contribution is 6.26. The Hall–Kier alpha value is -7.28. The van der Waals surface area contributed by atoms with E-state index >= 15 is 0 Å². The molecule has 0 nitrogen and oxygen atoms in total. The van der Waals surface area contributed by atoms with Crippen LogP contribution in [0.25, 0.3) is 109 Å². The third-order valence-corrected chi connectivity index (χ3v) is 13.2. The number of hydrogen-bond donors (Lipinski definition) is 0. The third-order valence-electron chi connectivity index (χ3n) is 13.2. The van der Waals surface area contributed by atoms with Gasteiger partial charge in [-0.25, -0.2) is 0 Å². The van der Waals surface area contributed by atoms with Crippen LogP contribution >= 0.6 is 0 Å². The molecule has 0 aliphatic heterocycles. The Labute approximate surface area is 344 Å². The zero-order chi connectivity index (χ0) is 39.2. The van der Waals surface area contributed by atoms with Gasteiger partial charge in [-0.1, -0.05) is 190 Å². The summed E-state index contributed by atoms with van der Waals surface area (Å²) in [5, 5.41) is 12.6. The summed E-state index contributed by atoms with van der Waals surface area (Å²) < 4.78 is 0. The molecule has 0 aromatic heterocycles. The Morgan fingerprint density at radius 2 is 0.814 bits per heavy atom. The molecule has 0 radical (unpaired) electrons. The average molecular weight is 749 g/mol. The van der Waals surface area contributed by atoms with Gasteiger partial charge in [-0.15, -0.1) is 0 Å². The molecule has 0 heterocycles. The fourth-order valence-corrected chi connectivity index (χ4v) is 10.3. The summed E-state index contributed by atoms with van der Waals surface area (Å²) in [7, 11) is 0. The van der Waals surface area contributed by atoms with Crippen molar-refractivity contribution in [2.75, 3.05) is 0 Å². The minimum Gasteiger partial charge on any atom is -0.0619 e. The molecule has 11 aromatic rings. The van der Waals surface area contributed by atoms with E-state index in [0.29, 0.717) is 0 Å². The third kappa shape index (κ3) is 5.16. The van der Waals surface area contributed by atoms with E-state index in [1.165, 1.54) is 121 Å². The van der Waals surface area contributed by atoms with Gasteiger partial charge in [-0.2, -0.15) is 0 Å². The normalized spacial score (nSPS) is 13.1. The topological polar surface area (TPSA) is 0 Å². The van der Waals surface area contributed by atoms with Crippen molar-refractivity contribution < 1.29 is 0 Å². The maximum absolute atomic E-state index is 2.48. The first-order chi connectivity index (χ1) is 29.0. The molecule has 0 saturated heterocycles. The number of benzene rings is 11. The van der Waals surface area contributed by atoms with Crippen LogP contribution in [0, 0.1) is 0 Å². The zero-order valence-corrected chi connectivity index (χ0v) is 33.1. The highest BCUT2D eigenvalue weighted by Gasteiger charge is 2.35. The first-order valence-electron chi connectivity index (χ1n) is 20.7. The van der Waals surface area contributed by atoms with E-state index < -0.39 is 0 Å². The van der Waals surface area contributed by atoms with Gasteiger partial charge in [-0.3, -0.25) is 0 Å². The molecule has 11 aromatic carbocycles. The summed E-state index contributed by atoms with van der Waals surface area (Å²) in [5.74, 6) is 0. The van der Waals surface area contributed by atoms with E-state index in [1.807, 2.05) is 0 Å². The minimum atomic E-state index is -0.0760. The van der Waals surface area contributed by atoms with E-state index in [1.54, 1.807) is 0 Å². The van der Waals surface area contributed by atoms with Gasteiger partial charge >= 0.3 is 0 Å². The van der Waals surface area contributed by atoms with Gasteiger partial charge in [0.25, 0.3) is 0 Å². The van der Waals surface area contributed by atoms with Gasteiger partial charge in [0.1, 0.15) is 0 Å². The Morgan fingerprint density at radius 1 is 0.254 bits per heavy atom. The van der Waals surface area contributed by atoms with Crippen LogP contribution in [0.2, 0.25) is 0 Å². The smallest absolute Gasteiger partial charge is 0.0159 e. The summed E-state index contributed by atoms with van der Waals surface area (Å²) >= 11 is 0. The molecule has 1 aliphatic rings. The molecular weight excluding hydrogens is 709 g/mol. The predicted octanol–water partition coefficient (Wildman–Crippen LogP) is 16.4. The lowest BCUT2D eigenvalue weighted by Crippen LogP contribution is -2.14. The number of fused-ring (bicyclic) bond motifs is 9. The largest absolute Gasteiger partial charge is 0.0619 e. The Balaban J connectivity index is 1.15. The van der Waals surface area contributed by atoms with Crippen LogP contribution in [-0.2, 0) is 5.41 Å². The molecule has 0 fully saturated rings. The van der Waals surface area contributed by atoms with Crippen molar-refractivity contribution in [2.45, 2.75) is 19.3 Å². The van der Waals surface area contributed by atoms with Crippen molar-refractivity contribution >= 4 is 53.9 Å². The molecule has 0 saturated carbocycles. The van der Waals surface area contributed by atoms with Crippen LogP contribution in [0.1, 0.15) is 25.0 Å². The highest BCUT2D eigenvalue weighted by atomic mass is 14.4. The summed E-state index contributed by atoms with van der Waals surface area (Å²) in [6.07, 6.45) is 0. The second kappa shape index (κ2) is 12.9. The highest BCUT2D eigenvalue weighted by Crippen LogP contribution is 2.51. The van der Waals surface area contributed by atoms with Gasteiger partial charge in [0.15, 0.2) is 0 Å². The fourth-order valence-electron chi connectivity index (χ4n) is 10.3. The van der Waals surface area contributed by atoms with Crippen molar-refractivity contribution in [1.82, 2.24) is 0 Å². The predicted molar refractivity (Wildman–Crippen MR) is 253 cm³/mol. The molecule has 59 heavy (non-hydrogen) atoms. The first kappa shape index (κ1) is 33.8. The van der Waals surface area contributed by atoms with E-state index in [2.05, 4.69) is 220 Å². The minimum absolute atomic E-state index is 0.0760. The van der Waals surface area contributed by atoms with Crippen LogP contribution in [0.4, 0.5) is 0 Å². The monoisotopic (exact) mass is 748 g/mol.